The smallest absolute Gasteiger partial charge is 0.275 e. The summed E-state index contributed by atoms with van der Waals surface area (Å²) in [5, 5.41) is 8.38. The number of hydrogen-bond donors (Lipinski definition) is 1. The van der Waals surface area contributed by atoms with Crippen LogP contribution in [-0.2, 0) is 0 Å². The van der Waals surface area contributed by atoms with Crippen molar-refractivity contribution in [3.8, 4) is 0 Å². The van der Waals surface area contributed by atoms with Crippen LogP contribution in [0.15, 0.2) is 40.5 Å². The van der Waals surface area contributed by atoms with Gasteiger partial charge < -0.3 is 4.98 Å². The first-order chi connectivity index (χ1) is 8.29. The molecule has 0 unspecified atom stereocenters. The number of benzene rings is 1. The van der Waals surface area contributed by atoms with Crippen molar-refractivity contribution in [3.05, 3.63) is 51.4 Å². The van der Waals surface area contributed by atoms with Crippen LogP contribution in [-0.4, -0.2) is 14.6 Å². The van der Waals surface area contributed by atoms with Crippen LogP contribution in [0.3, 0.4) is 0 Å². The highest BCUT2D eigenvalue weighted by atomic mass is 16.1. The van der Waals surface area contributed by atoms with E-state index in [9.17, 15) is 4.79 Å². The quantitative estimate of drug-likeness (QED) is 0.390. The maximum Gasteiger partial charge on any atom is 0.275 e. The lowest BCUT2D eigenvalue weighted by molar-refractivity contribution is 0.914. The molecule has 7 heteroatoms. The number of nitrogens with one attached hydrogen (secondary N) is 1. The Bertz CT molecular complexity index is 824. The topological polar surface area (TPSA) is 98.9 Å². The van der Waals surface area contributed by atoms with Gasteiger partial charge in [-0.05, 0) is 23.7 Å². The van der Waals surface area contributed by atoms with Gasteiger partial charge in [0.25, 0.3) is 5.56 Å². The highest BCUT2D eigenvalue weighted by molar-refractivity contribution is 5.88. The standard InChI is InChI=1S/C10H6N6O/c11-15-14-7-1-2-8-6(3-7)4-9-10(17)12-5-13-16(8)9/h1-5H,(H,12,13,17). The second kappa shape index (κ2) is 3.36. The third-order valence-electron chi connectivity index (χ3n) is 2.52. The van der Waals surface area contributed by atoms with Gasteiger partial charge in [0, 0.05) is 16.0 Å². The summed E-state index contributed by atoms with van der Waals surface area (Å²) in [6, 6.07) is 6.86. The highest BCUT2D eigenvalue weighted by Gasteiger charge is 2.06. The zero-order valence-corrected chi connectivity index (χ0v) is 8.53. The molecule has 2 heterocycles. The van der Waals surface area contributed by atoms with Crippen molar-refractivity contribution in [2.75, 3.05) is 0 Å². The predicted octanol–water partition coefficient (Wildman–Crippen LogP) is 2.12. The molecule has 17 heavy (non-hydrogen) atoms. The Morgan fingerprint density at radius 3 is 3.06 bits per heavy atom. The highest BCUT2D eigenvalue weighted by Crippen LogP contribution is 2.22. The molecular formula is C10H6N6O. The zero-order chi connectivity index (χ0) is 11.8. The summed E-state index contributed by atoms with van der Waals surface area (Å²) >= 11 is 0. The molecule has 0 spiro atoms. The number of nitrogens with zero attached hydrogens (tertiary/aromatic N) is 5. The number of aromatic nitrogens is 3. The maximum absolute atomic E-state index is 11.6. The summed E-state index contributed by atoms with van der Waals surface area (Å²) in [5.41, 5.74) is 9.91. The van der Waals surface area contributed by atoms with Gasteiger partial charge in [-0.15, -0.1) is 0 Å². The van der Waals surface area contributed by atoms with Gasteiger partial charge >= 0.3 is 0 Å². The molecule has 0 saturated heterocycles. The van der Waals surface area contributed by atoms with Crippen LogP contribution in [0, 0.1) is 0 Å². The Balaban J connectivity index is 2.47. The van der Waals surface area contributed by atoms with Crippen molar-refractivity contribution < 1.29 is 0 Å². The number of aromatic amines is 1. The molecule has 7 nitrogen and oxygen atoms in total. The molecule has 0 aliphatic rings. The summed E-state index contributed by atoms with van der Waals surface area (Å²) in [6.45, 7) is 0. The molecule has 0 atom stereocenters. The molecule has 1 N–H and O–H groups in total. The SMILES string of the molecule is [N-]=[N+]=Nc1ccc2c(c1)cc1c(=O)[nH]cnn12. The fourth-order valence-electron chi connectivity index (χ4n) is 1.81. The van der Waals surface area contributed by atoms with Crippen molar-refractivity contribution >= 4 is 22.1 Å². The molecule has 0 aliphatic heterocycles. The monoisotopic (exact) mass is 226 g/mol. The first-order valence-electron chi connectivity index (χ1n) is 4.84. The molecule has 0 aliphatic carbocycles. The largest absolute Gasteiger partial charge is 0.310 e. The number of hydrogen-bond acceptors (Lipinski definition) is 3. The van der Waals surface area contributed by atoms with Crippen LogP contribution in [0.2, 0.25) is 0 Å². The van der Waals surface area contributed by atoms with Gasteiger partial charge in [0.1, 0.15) is 11.8 Å². The number of H-pyrrole nitrogens is 1. The lowest BCUT2D eigenvalue weighted by Gasteiger charge is -1.94. The van der Waals surface area contributed by atoms with E-state index in [-0.39, 0.29) is 5.56 Å². The van der Waals surface area contributed by atoms with E-state index in [2.05, 4.69) is 20.1 Å². The van der Waals surface area contributed by atoms with Gasteiger partial charge in [0.05, 0.1) is 5.52 Å². The van der Waals surface area contributed by atoms with E-state index in [1.54, 1.807) is 28.8 Å². The third-order valence-corrected chi connectivity index (χ3v) is 2.52. The molecule has 3 rings (SSSR count). The summed E-state index contributed by atoms with van der Waals surface area (Å²) in [5.74, 6) is 0. The minimum absolute atomic E-state index is 0.207. The fourth-order valence-corrected chi connectivity index (χ4v) is 1.81. The van der Waals surface area contributed by atoms with E-state index in [1.165, 1.54) is 6.33 Å². The molecule has 0 radical (unpaired) electrons. The van der Waals surface area contributed by atoms with E-state index >= 15 is 0 Å². The molecule has 1 aromatic carbocycles. The van der Waals surface area contributed by atoms with Crippen molar-refractivity contribution in [2.45, 2.75) is 0 Å². The lowest BCUT2D eigenvalue weighted by Crippen LogP contribution is -2.09. The van der Waals surface area contributed by atoms with Crippen LogP contribution in [0.5, 0.6) is 0 Å². The lowest BCUT2D eigenvalue weighted by atomic mass is 10.2. The van der Waals surface area contributed by atoms with Crippen molar-refractivity contribution in [1.82, 2.24) is 14.6 Å². The van der Waals surface area contributed by atoms with Gasteiger partial charge in [-0.1, -0.05) is 11.2 Å². The minimum atomic E-state index is -0.207. The second-order valence-electron chi connectivity index (χ2n) is 3.49. The molecule has 3 aromatic rings. The Kier molecular flexibility index (Phi) is 1.87. The Labute approximate surface area is 93.9 Å². The average Bonchev–Trinajstić information content (AvgIpc) is 2.69. The van der Waals surface area contributed by atoms with Gasteiger partial charge in [-0.2, -0.15) is 5.10 Å². The molecule has 0 amide bonds. The van der Waals surface area contributed by atoms with Crippen molar-refractivity contribution in [3.63, 3.8) is 0 Å². The summed E-state index contributed by atoms with van der Waals surface area (Å²) in [6.07, 6.45) is 1.34. The molecule has 0 saturated carbocycles. The van der Waals surface area contributed by atoms with Crippen LogP contribution >= 0.6 is 0 Å². The molecule has 82 valence electrons. The summed E-state index contributed by atoms with van der Waals surface area (Å²) < 4.78 is 1.55. The molecule has 2 aromatic heterocycles. The van der Waals surface area contributed by atoms with E-state index in [1.807, 2.05) is 0 Å². The zero-order valence-electron chi connectivity index (χ0n) is 8.53. The van der Waals surface area contributed by atoms with Crippen molar-refractivity contribution in [2.24, 2.45) is 5.11 Å². The first-order valence-corrected chi connectivity index (χ1v) is 4.84. The first kappa shape index (κ1) is 9.44. The second-order valence-corrected chi connectivity index (χ2v) is 3.49. The van der Waals surface area contributed by atoms with E-state index in [4.69, 9.17) is 5.53 Å². The van der Waals surface area contributed by atoms with Crippen LogP contribution in [0.1, 0.15) is 0 Å². The van der Waals surface area contributed by atoms with Crippen molar-refractivity contribution in [1.29, 1.82) is 0 Å². The van der Waals surface area contributed by atoms with Crippen LogP contribution in [0.25, 0.3) is 26.9 Å². The number of azide groups is 1. The average molecular weight is 226 g/mol. The summed E-state index contributed by atoms with van der Waals surface area (Å²) in [4.78, 5) is 16.8. The van der Waals surface area contributed by atoms with Gasteiger partial charge in [0.2, 0.25) is 0 Å². The Morgan fingerprint density at radius 2 is 2.24 bits per heavy atom. The predicted molar refractivity (Wildman–Crippen MR) is 62.1 cm³/mol. The van der Waals surface area contributed by atoms with Crippen LogP contribution in [0.4, 0.5) is 5.69 Å². The maximum atomic E-state index is 11.6. The number of rotatable bonds is 1. The van der Waals surface area contributed by atoms with Gasteiger partial charge in [-0.25, -0.2) is 4.52 Å². The van der Waals surface area contributed by atoms with Gasteiger partial charge in [-0.3, -0.25) is 4.79 Å². The minimum Gasteiger partial charge on any atom is -0.310 e. The Morgan fingerprint density at radius 1 is 1.35 bits per heavy atom. The third kappa shape index (κ3) is 1.34. The molecule has 0 fully saturated rings. The van der Waals surface area contributed by atoms with E-state index < -0.39 is 0 Å². The normalized spacial score (nSPS) is 10.6. The Hall–Kier alpha value is -2.79. The van der Waals surface area contributed by atoms with Gasteiger partial charge in [0.15, 0.2) is 0 Å². The molecular weight excluding hydrogens is 220 g/mol. The number of fused-ring (bicyclic) bond motifs is 3. The van der Waals surface area contributed by atoms with Crippen LogP contribution < -0.4 is 5.56 Å². The summed E-state index contributed by atoms with van der Waals surface area (Å²) in [7, 11) is 0. The fraction of sp³-hybridized carbons (Fsp3) is 0. The van der Waals surface area contributed by atoms with E-state index in [0.29, 0.717) is 11.2 Å². The van der Waals surface area contributed by atoms with E-state index in [0.717, 1.165) is 10.9 Å². The molecule has 0 bridgehead atoms.